The number of benzene rings is 1. The molecular weight excluding hydrogens is 436 g/mol. The minimum atomic E-state index is -0.244. The molecule has 1 amide bonds. The second-order valence-corrected chi connectivity index (χ2v) is 8.51. The molecule has 1 aromatic heterocycles. The number of likely N-dealkylation sites (tertiary alicyclic amines) is 1. The van der Waals surface area contributed by atoms with Gasteiger partial charge < -0.3 is 19.3 Å². The highest BCUT2D eigenvalue weighted by Crippen LogP contribution is 2.37. The van der Waals surface area contributed by atoms with Gasteiger partial charge in [-0.1, -0.05) is 15.9 Å². The van der Waals surface area contributed by atoms with Gasteiger partial charge >= 0.3 is 6.09 Å². The normalized spacial score (nSPS) is 16.8. The van der Waals surface area contributed by atoms with Crippen LogP contribution in [0.1, 0.15) is 32.3 Å². The Bertz CT molecular complexity index is 867. The lowest BCUT2D eigenvalue weighted by molar-refractivity contribution is 0.0505. The summed E-state index contributed by atoms with van der Waals surface area (Å²) < 4.78 is 12.6. The third-order valence-electron chi connectivity index (χ3n) is 5.18. The number of aromatic nitrogens is 2. The largest absolute Gasteiger partial charge is 0.474 e. The van der Waals surface area contributed by atoms with Gasteiger partial charge in [-0.15, -0.1) is 0 Å². The summed E-state index contributed by atoms with van der Waals surface area (Å²) in [5, 5.41) is 0. The molecule has 2 aromatic rings. The van der Waals surface area contributed by atoms with Gasteiger partial charge in [0.15, 0.2) is 0 Å². The number of carbonyl (C=O) groups excluding carboxylic acids is 1. The molecule has 8 heteroatoms. The lowest BCUT2D eigenvalue weighted by Crippen LogP contribution is -2.42. The molecule has 1 fully saturated rings. The number of hydrogen-bond donors (Lipinski definition) is 0. The number of fused-ring (bicyclic) bond motifs is 1. The van der Waals surface area contributed by atoms with Gasteiger partial charge in [0.1, 0.15) is 18.2 Å². The molecule has 1 saturated heterocycles. The molecular formula is C21H25BrN4O3. The van der Waals surface area contributed by atoms with Crippen molar-refractivity contribution in [2.24, 2.45) is 0 Å². The van der Waals surface area contributed by atoms with Crippen molar-refractivity contribution in [1.29, 1.82) is 0 Å². The quantitative estimate of drug-likeness (QED) is 0.676. The summed E-state index contributed by atoms with van der Waals surface area (Å²) in [6.45, 7) is 5.84. The number of ether oxygens (including phenoxy) is 2. The number of nitrogens with zero attached hydrogens (tertiary/aromatic N) is 4. The van der Waals surface area contributed by atoms with Crippen molar-refractivity contribution < 1.29 is 14.3 Å². The summed E-state index contributed by atoms with van der Waals surface area (Å²) in [7, 11) is 0. The third-order valence-corrected chi connectivity index (χ3v) is 5.71. The Balaban J connectivity index is 1.41. The number of rotatable bonds is 4. The first-order valence-corrected chi connectivity index (χ1v) is 10.8. The van der Waals surface area contributed by atoms with Crippen LogP contribution in [0.4, 0.5) is 16.3 Å². The van der Waals surface area contributed by atoms with Gasteiger partial charge in [-0.05, 0) is 44.5 Å². The van der Waals surface area contributed by atoms with Gasteiger partial charge in [0.05, 0.1) is 11.7 Å². The molecule has 0 spiro atoms. The van der Waals surface area contributed by atoms with E-state index < -0.39 is 0 Å². The van der Waals surface area contributed by atoms with Gasteiger partial charge in [-0.25, -0.2) is 14.8 Å². The number of piperidine rings is 1. The van der Waals surface area contributed by atoms with Gasteiger partial charge in [-0.3, -0.25) is 0 Å². The number of amides is 1. The van der Waals surface area contributed by atoms with Crippen LogP contribution in [0.15, 0.2) is 35.1 Å². The van der Waals surface area contributed by atoms with E-state index >= 15 is 0 Å². The smallest absolute Gasteiger partial charge is 0.410 e. The summed E-state index contributed by atoms with van der Waals surface area (Å²) in [4.78, 5) is 24.9. The second kappa shape index (κ2) is 8.57. The number of halogens is 1. The summed E-state index contributed by atoms with van der Waals surface area (Å²) >= 11 is 3.48. The fraction of sp³-hybridized carbons (Fsp3) is 0.476. The topological polar surface area (TPSA) is 67.8 Å². The van der Waals surface area contributed by atoms with Crippen molar-refractivity contribution in [3.63, 3.8) is 0 Å². The van der Waals surface area contributed by atoms with E-state index in [0.717, 1.165) is 47.3 Å². The summed E-state index contributed by atoms with van der Waals surface area (Å²) in [6.07, 6.45) is 3.64. The van der Waals surface area contributed by atoms with Gasteiger partial charge in [-0.2, -0.15) is 0 Å². The molecule has 0 unspecified atom stereocenters. The van der Waals surface area contributed by atoms with Gasteiger partial charge in [0.2, 0.25) is 5.88 Å². The molecule has 0 atom stereocenters. The highest BCUT2D eigenvalue weighted by Gasteiger charge is 2.30. The predicted octanol–water partition coefficient (Wildman–Crippen LogP) is 4.32. The van der Waals surface area contributed by atoms with Crippen LogP contribution in [0, 0.1) is 0 Å². The Kier molecular flexibility index (Phi) is 5.89. The zero-order valence-corrected chi connectivity index (χ0v) is 18.3. The second-order valence-electron chi connectivity index (χ2n) is 7.60. The van der Waals surface area contributed by atoms with E-state index in [-0.39, 0.29) is 18.3 Å². The molecule has 29 heavy (non-hydrogen) atoms. The first kappa shape index (κ1) is 19.9. The Hall–Kier alpha value is -2.35. The summed E-state index contributed by atoms with van der Waals surface area (Å²) in [5.74, 6) is 1.58. The van der Waals surface area contributed by atoms with Crippen molar-refractivity contribution in [3.8, 4) is 5.88 Å². The van der Waals surface area contributed by atoms with E-state index in [0.29, 0.717) is 19.0 Å². The van der Waals surface area contributed by atoms with Crippen molar-refractivity contribution in [2.45, 2.75) is 45.3 Å². The van der Waals surface area contributed by atoms with E-state index in [1.165, 1.54) is 0 Å². The molecule has 0 N–H and O–H groups in total. The lowest BCUT2D eigenvalue weighted by Gasteiger charge is -2.32. The Morgan fingerprint density at radius 2 is 1.86 bits per heavy atom. The molecule has 0 radical (unpaired) electrons. The van der Waals surface area contributed by atoms with Gasteiger partial charge in [0.25, 0.3) is 0 Å². The maximum absolute atomic E-state index is 12.1. The maximum Gasteiger partial charge on any atom is 0.410 e. The monoisotopic (exact) mass is 460 g/mol. The predicted molar refractivity (Wildman–Crippen MR) is 114 cm³/mol. The van der Waals surface area contributed by atoms with E-state index in [1.54, 1.807) is 11.2 Å². The number of anilines is 2. The van der Waals surface area contributed by atoms with Crippen molar-refractivity contribution in [1.82, 2.24) is 14.9 Å². The highest BCUT2D eigenvalue weighted by atomic mass is 79.9. The van der Waals surface area contributed by atoms with Crippen molar-refractivity contribution in [3.05, 3.63) is 40.6 Å². The van der Waals surface area contributed by atoms with E-state index in [2.05, 4.69) is 42.9 Å². The average molecular weight is 461 g/mol. The zero-order valence-electron chi connectivity index (χ0n) is 16.7. The summed E-state index contributed by atoms with van der Waals surface area (Å²) in [6, 6.07) is 8.22. The fourth-order valence-electron chi connectivity index (χ4n) is 3.73. The average Bonchev–Trinajstić information content (AvgIpc) is 3.14. The van der Waals surface area contributed by atoms with E-state index in [9.17, 15) is 4.79 Å². The first-order chi connectivity index (χ1) is 14.0. The summed E-state index contributed by atoms with van der Waals surface area (Å²) in [5.41, 5.74) is 2.16. The molecule has 154 valence electrons. The van der Waals surface area contributed by atoms with Crippen LogP contribution in [0.25, 0.3) is 0 Å². The van der Waals surface area contributed by atoms with Crippen LogP contribution < -0.4 is 9.64 Å². The van der Waals surface area contributed by atoms with Crippen LogP contribution >= 0.6 is 15.9 Å². The van der Waals surface area contributed by atoms with Gasteiger partial charge in [0, 0.05) is 42.6 Å². The SMILES string of the molecule is CC(C)OC(=O)N1CCC(Oc2ncnc3c2CCN3c2ccc(Br)cc2)CC1. The number of carbonyl (C=O) groups is 1. The minimum Gasteiger partial charge on any atom is -0.474 e. The van der Waals surface area contributed by atoms with E-state index in [4.69, 9.17) is 9.47 Å². The molecule has 0 saturated carbocycles. The molecule has 7 nitrogen and oxygen atoms in total. The Morgan fingerprint density at radius 1 is 1.14 bits per heavy atom. The maximum atomic E-state index is 12.1. The van der Waals surface area contributed by atoms with Crippen molar-refractivity contribution >= 4 is 33.5 Å². The lowest BCUT2D eigenvalue weighted by atomic mass is 10.1. The first-order valence-electron chi connectivity index (χ1n) is 10.0. The molecule has 2 aliphatic heterocycles. The van der Waals surface area contributed by atoms with Crippen LogP contribution in [0.3, 0.4) is 0 Å². The molecule has 3 heterocycles. The Morgan fingerprint density at radius 3 is 2.55 bits per heavy atom. The third kappa shape index (κ3) is 4.47. The van der Waals surface area contributed by atoms with Crippen molar-refractivity contribution in [2.75, 3.05) is 24.5 Å². The highest BCUT2D eigenvalue weighted by molar-refractivity contribution is 9.10. The molecule has 0 aliphatic carbocycles. The van der Waals surface area contributed by atoms with E-state index in [1.807, 2.05) is 26.0 Å². The molecule has 4 rings (SSSR count). The zero-order chi connectivity index (χ0) is 20.4. The molecule has 1 aromatic carbocycles. The fourth-order valence-corrected chi connectivity index (χ4v) is 4.00. The molecule has 2 aliphatic rings. The van der Waals surface area contributed by atoms with Crippen LogP contribution in [-0.2, 0) is 11.2 Å². The minimum absolute atomic E-state index is 0.0406. The number of hydrogen-bond acceptors (Lipinski definition) is 6. The van der Waals surface area contributed by atoms with Crippen LogP contribution in [0.2, 0.25) is 0 Å². The van der Waals surface area contributed by atoms with Crippen LogP contribution in [0.5, 0.6) is 5.88 Å². The Labute approximate surface area is 179 Å². The standard InChI is InChI=1S/C21H25BrN4O3/c1-14(2)28-21(27)25-10-7-17(8-11-25)29-20-18-9-12-26(19(18)23-13-24-20)16-5-3-15(22)4-6-16/h3-6,13-14,17H,7-12H2,1-2H3. The molecule has 0 bridgehead atoms. The van der Waals surface area contributed by atoms with Crippen LogP contribution in [-0.4, -0.2) is 52.8 Å².